The second kappa shape index (κ2) is 8.91. The van der Waals surface area contributed by atoms with Gasteiger partial charge in [-0.05, 0) is 42.0 Å². The number of benzene rings is 2. The van der Waals surface area contributed by atoms with Crippen LogP contribution in [0.4, 0.5) is 0 Å². The average molecular weight is 535 g/mol. The highest BCUT2D eigenvalue weighted by molar-refractivity contribution is 9.10. The average Bonchev–Trinajstić information content (AvgIpc) is 3.53. The molecule has 1 aliphatic heterocycles. The van der Waals surface area contributed by atoms with E-state index in [-0.39, 0.29) is 36.5 Å². The summed E-state index contributed by atoms with van der Waals surface area (Å²) in [6.45, 7) is 2.04. The lowest BCUT2D eigenvalue weighted by atomic mass is 10.0. The minimum Gasteiger partial charge on any atom is -0.482 e. The lowest BCUT2D eigenvalue weighted by Crippen LogP contribution is -2.33. The number of aromatic nitrogens is 5. The standard InChI is InChI=1S/C24H19BrN6O4/c1-13-18(20(32)14-6-5-7-15(25)12-14)22(35-2)26-19(13)21-27-29-31(28-21)11-10-30-23(33)16-8-3-4-9-17(16)24(30)34/h3-9,12,26H,10-11H2,1-2H3. The number of amides is 2. The molecule has 0 saturated carbocycles. The van der Waals surface area contributed by atoms with Crippen LogP contribution in [0.3, 0.4) is 0 Å². The Morgan fingerprint density at radius 1 is 1.06 bits per heavy atom. The summed E-state index contributed by atoms with van der Waals surface area (Å²) in [4.78, 5) is 43.9. The van der Waals surface area contributed by atoms with Gasteiger partial charge in [0.05, 0.1) is 42.6 Å². The lowest BCUT2D eigenvalue weighted by molar-refractivity contribution is 0.0645. The van der Waals surface area contributed by atoms with E-state index in [0.29, 0.717) is 39.4 Å². The second-order valence-corrected chi connectivity index (χ2v) is 8.80. The molecule has 11 heteroatoms. The molecule has 3 heterocycles. The molecule has 0 unspecified atom stereocenters. The summed E-state index contributed by atoms with van der Waals surface area (Å²) in [7, 11) is 1.47. The molecule has 5 rings (SSSR count). The summed E-state index contributed by atoms with van der Waals surface area (Å²) in [5.41, 5.74) is 2.77. The summed E-state index contributed by atoms with van der Waals surface area (Å²) in [5.74, 6) is -0.333. The Bertz CT molecular complexity index is 1460. The molecule has 0 saturated heterocycles. The number of rotatable bonds is 7. The van der Waals surface area contributed by atoms with Gasteiger partial charge in [0.15, 0.2) is 5.78 Å². The van der Waals surface area contributed by atoms with Gasteiger partial charge >= 0.3 is 0 Å². The first-order valence-corrected chi connectivity index (χ1v) is 11.5. The predicted octanol–water partition coefficient (Wildman–Crippen LogP) is 3.27. The first kappa shape index (κ1) is 22.7. The Morgan fingerprint density at radius 3 is 2.43 bits per heavy atom. The van der Waals surface area contributed by atoms with Crippen molar-refractivity contribution < 1.29 is 19.1 Å². The SMILES string of the molecule is COc1[nH]c(-c2nnn(CCN3C(=O)c4ccccc4C3=O)n2)c(C)c1C(=O)c1cccc(Br)c1. The van der Waals surface area contributed by atoms with Crippen molar-refractivity contribution in [3.05, 3.63) is 80.8 Å². The monoisotopic (exact) mass is 534 g/mol. The van der Waals surface area contributed by atoms with E-state index in [0.717, 1.165) is 4.47 Å². The Kier molecular flexibility index (Phi) is 5.77. The van der Waals surface area contributed by atoms with Crippen molar-refractivity contribution in [3.63, 3.8) is 0 Å². The number of imide groups is 1. The maximum Gasteiger partial charge on any atom is 0.261 e. The number of fused-ring (bicyclic) bond motifs is 1. The summed E-state index contributed by atoms with van der Waals surface area (Å²) in [5, 5.41) is 12.5. The number of ether oxygens (including phenoxy) is 1. The van der Waals surface area contributed by atoms with Gasteiger partial charge < -0.3 is 9.72 Å². The van der Waals surface area contributed by atoms with E-state index in [1.165, 1.54) is 16.8 Å². The van der Waals surface area contributed by atoms with Gasteiger partial charge in [-0.15, -0.1) is 10.2 Å². The van der Waals surface area contributed by atoms with Crippen LogP contribution >= 0.6 is 15.9 Å². The second-order valence-electron chi connectivity index (χ2n) is 7.89. The molecule has 0 bridgehead atoms. The number of carbonyl (C=O) groups is 3. The molecule has 2 aromatic carbocycles. The molecule has 2 amide bonds. The molecule has 0 fully saturated rings. The quantitative estimate of drug-likeness (QED) is 0.285. The van der Waals surface area contributed by atoms with Crippen molar-refractivity contribution in [2.24, 2.45) is 0 Å². The number of methoxy groups -OCH3 is 1. The zero-order chi connectivity index (χ0) is 24.7. The first-order chi connectivity index (χ1) is 16.9. The fourth-order valence-corrected chi connectivity index (χ4v) is 4.46. The number of halogens is 1. The summed E-state index contributed by atoms with van der Waals surface area (Å²) < 4.78 is 6.22. The van der Waals surface area contributed by atoms with Crippen molar-refractivity contribution in [2.45, 2.75) is 13.5 Å². The maximum absolute atomic E-state index is 13.2. The number of tetrazole rings is 1. The van der Waals surface area contributed by atoms with Crippen LogP contribution in [0.1, 0.15) is 42.2 Å². The topological polar surface area (TPSA) is 123 Å². The summed E-state index contributed by atoms with van der Waals surface area (Å²) >= 11 is 3.39. The van der Waals surface area contributed by atoms with Crippen molar-refractivity contribution in [2.75, 3.05) is 13.7 Å². The van der Waals surface area contributed by atoms with Crippen LogP contribution in [-0.4, -0.2) is 61.3 Å². The Morgan fingerprint density at radius 2 is 1.77 bits per heavy atom. The first-order valence-electron chi connectivity index (χ1n) is 10.7. The molecule has 176 valence electrons. The number of aromatic amines is 1. The van der Waals surface area contributed by atoms with Crippen LogP contribution in [0.2, 0.25) is 0 Å². The van der Waals surface area contributed by atoms with Crippen molar-refractivity contribution in [3.8, 4) is 17.4 Å². The fourth-order valence-electron chi connectivity index (χ4n) is 4.06. The third-order valence-electron chi connectivity index (χ3n) is 5.81. The highest BCUT2D eigenvalue weighted by Crippen LogP contribution is 2.32. The summed E-state index contributed by atoms with van der Waals surface area (Å²) in [6, 6.07) is 13.8. The zero-order valence-electron chi connectivity index (χ0n) is 18.8. The van der Waals surface area contributed by atoms with E-state index in [2.05, 4.69) is 36.3 Å². The van der Waals surface area contributed by atoms with Crippen LogP contribution in [0, 0.1) is 6.92 Å². The van der Waals surface area contributed by atoms with Crippen LogP contribution in [0.5, 0.6) is 5.88 Å². The smallest absolute Gasteiger partial charge is 0.261 e. The molecule has 2 aromatic heterocycles. The van der Waals surface area contributed by atoms with Crippen molar-refractivity contribution in [1.82, 2.24) is 30.1 Å². The molecular weight excluding hydrogens is 516 g/mol. The minimum atomic E-state index is -0.341. The normalized spacial score (nSPS) is 12.8. The maximum atomic E-state index is 13.2. The lowest BCUT2D eigenvalue weighted by Gasteiger charge is -2.12. The number of hydrogen-bond donors (Lipinski definition) is 1. The van der Waals surface area contributed by atoms with Crippen LogP contribution in [0.15, 0.2) is 53.0 Å². The molecule has 0 atom stereocenters. The molecule has 35 heavy (non-hydrogen) atoms. The van der Waals surface area contributed by atoms with Gasteiger partial charge in [0.1, 0.15) is 0 Å². The number of hydrogen-bond acceptors (Lipinski definition) is 7. The van der Waals surface area contributed by atoms with Gasteiger partial charge in [-0.2, -0.15) is 4.80 Å². The van der Waals surface area contributed by atoms with Crippen molar-refractivity contribution >= 4 is 33.5 Å². The van der Waals surface area contributed by atoms with E-state index >= 15 is 0 Å². The fraction of sp³-hybridized carbons (Fsp3) is 0.167. The van der Waals surface area contributed by atoms with E-state index < -0.39 is 0 Å². The third kappa shape index (κ3) is 3.93. The zero-order valence-corrected chi connectivity index (χ0v) is 20.4. The number of nitrogens with one attached hydrogen (secondary N) is 1. The minimum absolute atomic E-state index is 0.0990. The van der Waals surface area contributed by atoms with Crippen LogP contribution < -0.4 is 4.74 Å². The highest BCUT2D eigenvalue weighted by atomic mass is 79.9. The molecule has 0 spiro atoms. The summed E-state index contributed by atoms with van der Waals surface area (Å²) in [6.07, 6.45) is 0. The van der Waals surface area contributed by atoms with E-state index in [1.807, 2.05) is 6.07 Å². The predicted molar refractivity (Wildman–Crippen MR) is 128 cm³/mol. The molecule has 0 aliphatic carbocycles. The largest absolute Gasteiger partial charge is 0.482 e. The van der Waals surface area contributed by atoms with Gasteiger partial charge in [-0.1, -0.05) is 40.2 Å². The van der Waals surface area contributed by atoms with Gasteiger partial charge in [0, 0.05) is 10.0 Å². The number of H-pyrrole nitrogens is 1. The molecule has 0 radical (unpaired) electrons. The van der Waals surface area contributed by atoms with Crippen LogP contribution in [-0.2, 0) is 6.54 Å². The molecular formula is C24H19BrN6O4. The molecule has 1 N–H and O–H groups in total. The van der Waals surface area contributed by atoms with E-state index in [1.54, 1.807) is 49.4 Å². The van der Waals surface area contributed by atoms with Gasteiger partial charge in [0.25, 0.3) is 11.8 Å². The number of nitrogens with zero attached hydrogens (tertiary/aromatic N) is 5. The highest BCUT2D eigenvalue weighted by Gasteiger charge is 2.35. The van der Waals surface area contributed by atoms with Gasteiger partial charge in [-0.25, -0.2) is 0 Å². The van der Waals surface area contributed by atoms with Gasteiger partial charge in [0.2, 0.25) is 11.7 Å². The molecule has 10 nitrogen and oxygen atoms in total. The third-order valence-corrected chi connectivity index (χ3v) is 6.31. The Hall–Kier alpha value is -4.12. The van der Waals surface area contributed by atoms with Gasteiger partial charge in [-0.3, -0.25) is 19.3 Å². The van der Waals surface area contributed by atoms with Crippen LogP contribution in [0.25, 0.3) is 11.5 Å². The Labute approximate surface area is 208 Å². The van der Waals surface area contributed by atoms with E-state index in [4.69, 9.17) is 4.74 Å². The Balaban J connectivity index is 1.37. The van der Waals surface area contributed by atoms with E-state index in [9.17, 15) is 14.4 Å². The molecule has 4 aromatic rings. The number of ketones is 1. The van der Waals surface area contributed by atoms with Crippen molar-refractivity contribution in [1.29, 1.82) is 0 Å². The number of carbonyl (C=O) groups excluding carboxylic acids is 3. The molecule has 1 aliphatic rings.